The molecule has 0 aromatic carbocycles. The number of rotatable bonds is 42. The highest BCUT2D eigenvalue weighted by Gasteiger charge is 2.16. The van der Waals surface area contributed by atoms with Gasteiger partial charge in [-0.2, -0.15) is 0 Å². The lowest BCUT2D eigenvalue weighted by Crippen LogP contribution is -2.28. The Morgan fingerprint density at radius 3 is 1.16 bits per heavy atom. The molecule has 0 aromatic heterocycles. The average molecular weight is 793 g/mol. The minimum Gasteiger partial charge on any atom is -0.462 e. The quantitative estimate of drug-likeness (QED) is 0.0379. The van der Waals surface area contributed by atoms with E-state index in [1.54, 1.807) is 0 Å². The number of unbranched alkanes of at least 4 members (excludes halogenated alkanes) is 20. The van der Waals surface area contributed by atoms with Crippen LogP contribution in [0, 0.1) is 0 Å². The maximum atomic E-state index is 12.2. The zero-order valence-corrected chi connectivity index (χ0v) is 37.1. The van der Waals surface area contributed by atoms with E-state index in [0.29, 0.717) is 12.8 Å². The van der Waals surface area contributed by atoms with E-state index in [0.717, 1.165) is 89.9 Å². The lowest BCUT2D eigenvalue weighted by molar-refractivity contribution is -0.161. The Bertz CT molecular complexity index is 1080. The molecule has 0 fully saturated rings. The van der Waals surface area contributed by atoms with E-state index in [2.05, 4.69) is 98.9 Å². The van der Waals surface area contributed by atoms with Crippen molar-refractivity contribution in [3.63, 3.8) is 0 Å². The molecule has 0 bridgehead atoms. The van der Waals surface area contributed by atoms with Crippen LogP contribution in [0.15, 0.2) is 85.1 Å². The standard InChI is InChI=1S/C52H88O5/c1-3-5-7-9-11-13-15-17-19-21-22-23-24-25-26-27-28-29-30-31-33-35-37-39-41-43-45-47-52(55)57-50(48-53)49-56-51(54)46-44-42-40-38-36-34-32-20-18-16-14-12-10-8-6-4-2/h5,7,11,13,17,19-20,22-23,25-26,28-29,32,50,53H,3-4,6,8-10,12,14-16,18,21,24,27,30-31,33-49H2,1-2H3/b7-5-,13-11-,19-17-,23-22-,26-25-,29-28-,32-20-. The van der Waals surface area contributed by atoms with Crippen LogP contribution in [0.25, 0.3) is 0 Å². The number of hydrogen-bond donors (Lipinski definition) is 1. The van der Waals surface area contributed by atoms with Gasteiger partial charge < -0.3 is 14.6 Å². The molecule has 0 aliphatic rings. The van der Waals surface area contributed by atoms with E-state index < -0.39 is 6.10 Å². The van der Waals surface area contributed by atoms with Gasteiger partial charge >= 0.3 is 11.9 Å². The molecule has 0 saturated heterocycles. The third kappa shape index (κ3) is 45.7. The zero-order valence-electron chi connectivity index (χ0n) is 37.1. The van der Waals surface area contributed by atoms with Gasteiger partial charge in [0, 0.05) is 12.8 Å². The summed E-state index contributed by atoms with van der Waals surface area (Å²) >= 11 is 0. The molecule has 0 rings (SSSR count). The van der Waals surface area contributed by atoms with Crippen molar-refractivity contribution in [2.45, 2.75) is 219 Å². The maximum Gasteiger partial charge on any atom is 0.306 e. The first kappa shape index (κ1) is 54.1. The highest BCUT2D eigenvalue weighted by atomic mass is 16.6. The summed E-state index contributed by atoms with van der Waals surface area (Å²) in [6, 6.07) is 0. The van der Waals surface area contributed by atoms with Crippen LogP contribution in [-0.2, 0) is 19.1 Å². The van der Waals surface area contributed by atoms with Crippen molar-refractivity contribution in [3.8, 4) is 0 Å². The summed E-state index contributed by atoms with van der Waals surface area (Å²) in [4.78, 5) is 24.4. The second kappa shape index (κ2) is 47.5. The molecule has 0 aliphatic carbocycles. The van der Waals surface area contributed by atoms with E-state index in [1.807, 2.05) is 0 Å². The van der Waals surface area contributed by atoms with Gasteiger partial charge in [0.15, 0.2) is 6.10 Å². The van der Waals surface area contributed by atoms with Gasteiger partial charge in [-0.1, -0.05) is 195 Å². The monoisotopic (exact) mass is 793 g/mol. The molecule has 57 heavy (non-hydrogen) atoms. The van der Waals surface area contributed by atoms with E-state index in [9.17, 15) is 14.7 Å². The van der Waals surface area contributed by atoms with Crippen molar-refractivity contribution in [3.05, 3.63) is 85.1 Å². The molecule has 0 heterocycles. The van der Waals surface area contributed by atoms with Crippen molar-refractivity contribution in [1.29, 1.82) is 0 Å². The molecule has 0 saturated carbocycles. The Morgan fingerprint density at radius 1 is 0.421 bits per heavy atom. The van der Waals surface area contributed by atoms with Crippen LogP contribution < -0.4 is 0 Å². The lowest BCUT2D eigenvalue weighted by atomic mass is 10.1. The Hall–Kier alpha value is -2.92. The second-order valence-corrected chi connectivity index (χ2v) is 15.4. The normalized spacial score (nSPS) is 13.0. The van der Waals surface area contributed by atoms with Crippen LogP contribution in [0.5, 0.6) is 0 Å². The number of aliphatic hydroxyl groups is 1. The molecule has 5 heteroatoms. The summed E-state index contributed by atoms with van der Waals surface area (Å²) in [7, 11) is 0. The highest BCUT2D eigenvalue weighted by molar-refractivity contribution is 5.70. The predicted molar refractivity (Wildman–Crippen MR) is 246 cm³/mol. The molecular weight excluding hydrogens is 705 g/mol. The van der Waals surface area contributed by atoms with Crippen LogP contribution in [0.2, 0.25) is 0 Å². The topological polar surface area (TPSA) is 72.8 Å². The molecule has 0 aliphatic heterocycles. The van der Waals surface area contributed by atoms with Gasteiger partial charge in [-0.3, -0.25) is 9.59 Å². The molecule has 1 N–H and O–H groups in total. The van der Waals surface area contributed by atoms with Crippen LogP contribution in [-0.4, -0.2) is 36.4 Å². The molecule has 0 aromatic rings. The number of hydrogen-bond acceptors (Lipinski definition) is 5. The number of ether oxygens (including phenoxy) is 2. The second-order valence-electron chi connectivity index (χ2n) is 15.4. The van der Waals surface area contributed by atoms with Crippen molar-refractivity contribution >= 4 is 11.9 Å². The Morgan fingerprint density at radius 2 is 0.754 bits per heavy atom. The van der Waals surface area contributed by atoms with Gasteiger partial charge in [-0.25, -0.2) is 0 Å². The molecule has 0 radical (unpaired) electrons. The summed E-state index contributed by atoms with van der Waals surface area (Å²) < 4.78 is 10.6. The first-order chi connectivity index (χ1) is 28.1. The fourth-order valence-corrected chi connectivity index (χ4v) is 6.38. The molecular formula is C52H88O5. The number of allylic oxidation sites excluding steroid dienone is 14. The van der Waals surface area contributed by atoms with E-state index in [1.165, 1.54) is 96.3 Å². The summed E-state index contributed by atoms with van der Waals surface area (Å²) in [6.07, 6.45) is 65.1. The number of carbonyl (C=O) groups is 2. The first-order valence-electron chi connectivity index (χ1n) is 23.6. The summed E-state index contributed by atoms with van der Waals surface area (Å²) in [5.74, 6) is -0.612. The minimum absolute atomic E-state index is 0.0770. The van der Waals surface area contributed by atoms with Crippen molar-refractivity contribution in [1.82, 2.24) is 0 Å². The number of carbonyl (C=O) groups excluding carboxylic acids is 2. The van der Waals surface area contributed by atoms with Crippen molar-refractivity contribution < 1.29 is 24.2 Å². The maximum absolute atomic E-state index is 12.2. The smallest absolute Gasteiger partial charge is 0.306 e. The molecule has 5 nitrogen and oxygen atoms in total. The Labute approximate surface area is 352 Å². The largest absolute Gasteiger partial charge is 0.462 e. The van der Waals surface area contributed by atoms with E-state index >= 15 is 0 Å². The molecule has 1 atom stereocenters. The van der Waals surface area contributed by atoms with Crippen LogP contribution in [0.1, 0.15) is 213 Å². The van der Waals surface area contributed by atoms with Crippen LogP contribution >= 0.6 is 0 Å². The highest BCUT2D eigenvalue weighted by Crippen LogP contribution is 2.13. The van der Waals surface area contributed by atoms with Gasteiger partial charge in [0.05, 0.1) is 6.61 Å². The fraction of sp³-hybridized carbons (Fsp3) is 0.692. The molecule has 326 valence electrons. The number of esters is 2. The summed E-state index contributed by atoms with van der Waals surface area (Å²) in [5, 5.41) is 9.60. The van der Waals surface area contributed by atoms with Crippen LogP contribution in [0.3, 0.4) is 0 Å². The third-order valence-electron chi connectivity index (χ3n) is 9.92. The Balaban J connectivity index is 3.59. The van der Waals surface area contributed by atoms with Crippen molar-refractivity contribution in [2.24, 2.45) is 0 Å². The van der Waals surface area contributed by atoms with Gasteiger partial charge in [0.25, 0.3) is 0 Å². The van der Waals surface area contributed by atoms with E-state index in [-0.39, 0.29) is 25.2 Å². The van der Waals surface area contributed by atoms with Gasteiger partial charge in [0.2, 0.25) is 0 Å². The average Bonchev–Trinajstić information content (AvgIpc) is 3.21. The molecule has 0 spiro atoms. The fourth-order valence-electron chi connectivity index (χ4n) is 6.38. The van der Waals surface area contributed by atoms with Crippen molar-refractivity contribution in [2.75, 3.05) is 13.2 Å². The lowest BCUT2D eigenvalue weighted by Gasteiger charge is -2.15. The predicted octanol–water partition coefficient (Wildman–Crippen LogP) is 15.5. The summed E-state index contributed by atoms with van der Waals surface area (Å²) in [6.45, 7) is 4.01. The zero-order chi connectivity index (χ0) is 41.4. The van der Waals surface area contributed by atoms with Crippen LogP contribution in [0.4, 0.5) is 0 Å². The third-order valence-corrected chi connectivity index (χ3v) is 9.92. The summed E-state index contributed by atoms with van der Waals surface area (Å²) in [5.41, 5.74) is 0. The number of aliphatic hydroxyl groups excluding tert-OH is 1. The first-order valence-corrected chi connectivity index (χ1v) is 23.6. The molecule has 1 unspecified atom stereocenters. The molecule has 0 amide bonds. The van der Waals surface area contributed by atoms with E-state index in [4.69, 9.17) is 9.47 Å². The minimum atomic E-state index is -0.784. The van der Waals surface area contributed by atoms with Gasteiger partial charge in [-0.05, 0) is 89.9 Å². The van der Waals surface area contributed by atoms with Gasteiger partial charge in [0.1, 0.15) is 6.61 Å². The van der Waals surface area contributed by atoms with Gasteiger partial charge in [-0.15, -0.1) is 0 Å². The Kier molecular flexibility index (Phi) is 45.0. The SMILES string of the molecule is CC/C=C\C/C=C\C/C=C\C/C=C\C/C=C\C/C=C\CCCCCCCCCCC(=O)OC(CO)COC(=O)CCCCCCC/C=C\CCCCCCCCC.